The van der Waals surface area contributed by atoms with Gasteiger partial charge in [-0.1, -0.05) is 29.3 Å². The first-order valence-electron chi connectivity index (χ1n) is 11.0. The fraction of sp³-hybridized carbons (Fsp3) is 0.417. The standard InChI is InChI=1S/C24H31Cl2N3O6S/c1-15(2)27-24(31)16(3)28(13-18-19(25)8-7-9-20(18)26)23(30)14-29(36(6,32)33)21-12-17(34-4)10-11-22(21)35-5/h7-12,15-16H,13-14H2,1-6H3,(H,27,31)/t16-/m1/s1. The van der Waals surface area contributed by atoms with Crippen molar-refractivity contribution < 1.29 is 27.5 Å². The number of benzene rings is 2. The van der Waals surface area contributed by atoms with Crippen molar-refractivity contribution in [2.45, 2.75) is 39.4 Å². The summed E-state index contributed by atoms with van der Waals surface area (Å²) in [5, 5.41) is 3.40. The minimum atomic E-state index is -3.96. The third kappa shape index (κ3) is 7.41. The van der Waals surface area contributed by atoms with Crippen molar-refractivity contribution in [2.75, 3.05) is 31.3 Å². The maximum absolute atomic E-state index is 13.7. The summed E-state index contributed by atoms with van der Waals surface area (Å²) in [7, 11) is -1.14. The van der Waals surface area contributed by atoms with Crippen LogP contribution in [0.2, 0.25) is 10.0 Å². The maximum atomic E-state index is 13.7. The largest absolute Gasteiger partial charge is 0.497 e. The van der Waals surface area contributed by atoms with Crippen LogP contribution in [0.15, 0.2) is 36.4 Å². The number of carbonyl (C=O) groups excluding carboxylic acids is 2. The predicted molar refractivity (Wildman–Crippen MR) is 141 cm³/mol. The molecule has 0 saturated heterocycles. The highest BCUT2D eigenvalue weighted by Crippen LogP contribution is 2.34. The van der Waals surface area contributed by atoms with E-state index < -0.39 is 34.4 Å². The van der Waals surface area contributed by atoms with Crippen molar-refractivity contribution in [3.8, 4) is 11.5 Å². The van der Waals surface area contributed by atoms with E-state index in [-0.39, 0.29) is 24.0 Å². The van der Waals surface area contributed by atoms with Gasteiger partial charge in [-0.05, 0) is 45.0 Å². The van der Waals surface area contributed by atoms with E-state index in [9.17, 15) is 18.0 Å². The van der Waals surface area contributed by atoms with Gasteiger partial charge in [-0.3, -0.25) is 13.9 Å². The zero-order valence-electron chi connectivity index (χ0n) is 21.0. The molecular weight excluding hydrogens is 529 g/mol. The van der Waals surface area contributed by atoms with Crippen LogP contribution >= 0.6 is 23.2 Å². The van der Waals surface area contributed by atoms with E-state index in [1.165, 1.54) is 31.3 Å². The Morgan fingerprint density at radius 3 is 2.14 bits per heavy atom. The van der Waals surface area contributed by atoms with Crippen LogP contribution in [-0.4, -0.2) is 64.2 Å². The minimum absolute atomic E-state index is 0.114. The molecule has 0 unspecified atom stereocenters. The molecule has 2 aromatic rings. The van der Waals surface area contributed by atoms with E-state index >= 15 is 0 Å². The third-order valence-corrected chi connectivity index (χ3v) is 7.16. The van der Waals surface area contributed by atoms with E-state index in [0.29, 0.717) is 21.4 Å². The minimum Gasteiger partial charge on any atom is -0.497 e. The predicted octanol–water partition coefficient (Wildman–Crippen LogP) is 3.72. The second kappa shape index (κ2) is 12.5. The Hall–Kier alpha value is -2.69. The smallest absolute Gasteiger partial charge is 0.244 e. The maximum Gasteiger partial charge on any atom is 0.244 e. The van der Waals surface area contributed by atoms with E-state index in [4.69, 9.17) is 32.7 Å². The lowest BCUT2D eigenvalue weighted by molar-refractivity contribution is -0.139. The third-order valence-electron chi connectivity index (χ3n) is 5.32. The highest BCUT2D eigenvalue weighted by atomic mass is 35.5. The Bertz CT molecular complexity index is 1190. The van der Waals surface area contributed by atoms with Crippen molar-refractivity contribution in [2.24, 2.45) is 0 Å². The molecule has 1 atom stereocenters. The molecule has 0 bridgehead atoms. The van der Waals surface area contributed by atoms with Crippen LogP contribution in [0.1, 0.15) is 26.3 Å². The van der Waals surface area contributed by atoms with Crippen LogP contribution in [0.25, 0.3) is 0 Å². The van der Waals surface area contributed by atoms with E-state index in [1.54, 1.807) is 45.0 Å². The van der Waals surface area contributed by atoms with E-state index in [2.05, 4.69) is 5.32 Å². The first-order valence-corrected chi connectivity index (χ1v) is 13.6. The Labute approximate surface area is 222 Å². The summed E-state index contributed by atoms with van der Waals surface area (Å²) in [5.74, 6) is -0.462. The van der Waals surface area contributed by atoms with Crippen molar-refractivity contribution >= 4 is 50.7 Å². The molecule has 9 nitrogen and oxygen atoms in total. The van der Waals surface area contributed by atoms with Gasteiger partial charge in [-0.2, -0.15) is 0 Å². The molecule has 12 heteroatoms. The fourth-order valence-corrected chi connectivity index (χ4v) is 4.79. The number of halogens is 2. The van der Waals surface area contributed by atoms with Gasteiger partial charge in [-0.25, -0.2) is 8.42 Å². The molecule has 198 valence electrons. The second-order valence-corrected chi connectivity index (χ2v) is 11.1. The van der Waals surface area contributed by atoms with Gasteiger partial charge in [0.2, 0.25) is 21.8 Å². The lowest BCUT2D eigenvalue weighted by atomic mass is 10.1. The molecule has 2 amide bonds. The van der Waals surface area contributed by atoms with Gasteiger partial charge in [0.15, 0.2) is 0 Å². The summed E-state index contributed by atoms with van der Waals surface area (Å²) in [6.45, 7) is 4.42. The number of hydrogen-bond acceptors (Lipinski definition) is 6. The molecular formula is C24H31Cl2N3O6S. The quantitative estimate of drug-likeness (QED) is 0.449. The number of methoxy groups -OCH3 is 2. The number of ether oxygens (including phenoxy) is 2. The average molecular weight is 561 g/mol. The molecule has 0 aliphatic heterocycles. The van der Waals surface area contributed by atoms with Crippen molar-refractivity contribution in [3.63, 3.8) is 0 Å². The van der Waals surface area contributed by atoms with Gasteiger partial charge >= 0.3 is 0 Å². The highest BCUT2D eigenvalue weighted by Gasteiger charge is 2.32. The Morgan fingerprint density at radius 1 is 1.03 bits per heavy atom. The number of nitrogens with one attached hydrogen (secondary N) is 1. The summed E-state index contributed by atoms with van der Waals surface area (Å²) in [6, 6.07) is 8.37. The van der Waals surface area contributed by atoms with Crippen molar-refractivity contribution in [3.05, 3.63) is 52.0 Å². The van der Waals surface area contributed by atoms with Gasteiger partial charge in [0.1, 0.15) is 24.1 Å². The van der Waals surface area contributed by atoms with Crippen molar-refractivity contribution in [1.82, 2.24) is 10.2 Å². The summed E-state index contributed by atoms with van der Waals surface area (Å²) in [5.41, 5.74) is 0.547. The molecule has 2 rings (SSSR count). The Balaban J connectivity index is 2.54. The zero-order valence-corrected chi connectivity index (χ0v) is 23.4. The van der Waals surface area contributed by atoms with Crippen LogP contribution in [0.3, 0.4) is 0 Å². The first kappa shape index (κ1) is 29.5. The van der Waals surface area contributed by atoms with Crippen LogP contribution < -0.4 is 19.1 Å². The molecule has 0 radical (unpaired) electrons. The Morgan fingerprint density at radius 2 is 1.64 bits per heavy atom. The number of anilines is 1. The van der Waals surface area contributed by atoms with Crippen LogP contribution in [-0.2, 0) is 26.2 Å². The number of hydrogen-bond donors (Lipinski definition) is 1. The molecule has 1 N–H and O–H groups in total. The molecule has 0 aliphatic carbocycles. The molecule has 0 heterocycles. The summed E-state index contributed by atoms with van der Waals surface area (Å²) < 4.78 is 37.1. The van der Waals surface area contributed by atoms with Crippen LogP contribution in [0.5, 0.6) is 11.5 Å². The molecule has 2 aromatic carbocycles. The van der Waals surface area contributed by atoms with Gasteiger partial charge in [0.05, 0.1) is 26.2 Å². The number of rotatable bonds is 11. The number of sulfonamides is 1. The summed E-state index contributed by atoms with van der Waals surface area (Å²) in [4.78, 5) is 27.8. The molecule has 0 saturated carbocycles. The SMILES string of the molecule is COc1ccc(OC)c(N(CC(=O)N(Cc2c(Cl)cccc2Cl)[C@H](C)C(=O)NC(C)C)S(C)(=O)=O)c1. The fourth-order valence-electron chi connectivity index (χ4n) is 3.43. The second-order valence-electron chi connectivity index (χ2n) is 8.37. The first-order chi connectivity index (χ1) is 16.8. The summed E-state index contributed by atoms with van der Waals surface area (Å²) >= 11 is 12.7. The lowest BCUT2D eigenvalue weighted by Gasteiger charge is -2.32. The van der Waals surface area contributed by atoms with Gasteiger partial charge in [-0.15, -0.1) is 0 Å². The summed E-state index contributed by atoms with van der Waals surface area (Å²) in [6.07, 6.45) is 0.976. The van der Waals surface area contributed by atoms with Crippen molar-refractivity contribution in [1.29, 1.82) is 0 Å². The van der Waals surface area contributed by atoms with Gasteiger partial charge < -0.3 is 19.7 Å². The van der Waals surface area contributed by atoms with Crippen LogP contribution in [0, 0.1) is 0 Å². The molecule has 0 aromatic heterocycles. The molecule has 0 fully saturated rings. The van der Waals surface area contributed by atoms with Gasteiger partial charge in [0.25, 0.3) is 0 Å². The average Bonchev–Trinajstić information content (AvgIpc) is 2.80. The molecule has 0 aliphatic rings. The normalized spacial score (nSPS) is 12.1. The lowest BCUT2D eigenvalue weighted by Crippen LogP contribution is -2.52. The number of nitrogens with zero attached hydrogens (tertiary/aromatic N) is 2. The number of carbonyl (C=O) groups is 2. The topological polar surface area (TPSA) is 105 Å². The van der Waals surface area contributed by atoms with E-state index in [1.807, 2.05) is 0 Å². The number of amides is 2. The molecule has 36 heavy (non-hydrogen) atoms. The highest BCUT2D eigenvalue weighted by molar-refractivity contribution is 7.92. The van der Waals surface area contributed by atoms with E-state index in [0.717, 1.165) is 10.6 Å². The van der Waals surface area contributed by atoms with Gasteiger partial charge in [0, 0.05) is 34.3 Å². The zero-order chi connectivity index (χ0) is 27.2. The monoisotopic (exact) mass is 559 g/mol. The Kier molecular flexibility index (Phi) is 10.3. The van der Waals surface area contributed by atoms with Crippen LogP contribution in [0.4, 0.5) is 5.69 Å². The molecule has 0 spiro atoms.